The van der Waals surface area contributed by atoms with E-state index < -0.39 is 20.8 Å². The molecule has 2 aliphatic rings. The lowest BCUT2D eigenvalue weighted by atomic mass is 10.1. The van der Waals surface area contributed by atoms with Crippen LogP contribution in [0.3, 0.4) is 0 Å². The van der Waals surface area contributed by atoms with Crippen LogP contribution in [0.25, 0.3) is 0 Å². The van der Waals surface area contributed by atoms with Gasteiger partial charge in [0, 0.05) is 35.0 Å². The summed E-state index contributed by atoms with van der Waals surface area (Å²) in [6, 6.07) is 6.00. The maximum atomic E-state index is 12.9. The van der Waals surface area contributed by atoms with E-state index in [1.807, 2.05) is 20.8 Å². The third-order valence-corrected chi connectivity index (χ3v) is 8.48. The minimum atomic E-state index is -3.52. The van der Waals surface area contributed by atoms with E-state index >= 15 is 0 Å². The van der Waals surface area contributed by atoms with Crippen molar-refractivity contribution in [3.63, 3.8) is 0 Å². The van der Waals surface area contributed by atoms with Crippen LogP contribution in [0.1, 0.15) is 55.2 Å². The smallest absolute Gasteiger partial charge is 0.256 e. The quantitative estimate of drug-likeness (QED) is 0.771. The molecule has 0 radical (unpaired) electrons. The maximum Gasteiger partial charge on any atom is 0.256 e. The second kappa shape index (κ2) is 7.58. The Kier molecular flexibility index (Phi) is 5.36. The summed E-state index contributed by atoms with van der Waals surface area (Å²) in [6.07, 6.45) is 1.74. The van der Waals surface area contributed by atoms with Gasteiger partial charge in [-0.1, -0.05) is 0 Å². The van der Waals surface area contributed by atoms with Gasteiger partial charge in [0.05, 0.1) is 27.6 Å². The van der Waals surface area contributed by atoms with Crippen molar-refractivity contribution in [2.24, 2.45) is 0 Å². The second-order valence-corrected chi connectivity index (χ2v) is 12.1. The molecule has 0 aliphatic carbocycles. The van der Waals surface area contributed by atoms with Crippen LogP contribution >= 0.6 is 0 Å². The SMILES string of the molecule is CC(C)(C)n1nc2c(c1NC(=O)c1ccc(S(=O)(=O)N3CCCC3)cc1)C[S@@](=O)C2. The molecule has 1 amide bonds. The monoisotopic (exact) mass is 450 g/mol. The molecule has 0 saturated carbocycles. The first-order valence-electron chi connectivity index (χ1n) is 9.95. The Morgan fingerprint density at radius 2 is 1.73 bits per heavy atom. The van der Waals surface area contributed by atoms with Crippen LogP contribution in [-0.4, -0.2) is 45.7 Å². The van der Waals surface area contributed by atoms with Gasteiger partial charge in [0.15, 0.2) is 0 Å². The Bertz CT molecular complexity index is 1110. The Morgan fingerprint density at radius 3 is 2.33 bits per heavy atom. The molecule has 3 heterocycles. The number of amides is 1. The molecule has 0 bridgehead atoms. The molecule has 162 valence electrons. The molecule has 1 atom stereocenters. The van der Waals surface area contributed by atoms with Gasteiger partial charge < -0.3 is 5.32 Å². The molecule has 8 nitrogen and oxygen atoms in total. The van der Waals surface area contributed by atoms with E-state index in [1.165, 1.54) is 28.6 Å². The molecule has 1 aromatic heterocycles. The minimum Gasteiger partial charge on any atom is -0.306 e. The highest BCUT2D eigenvalue weighted by Gasteiger charge is 2.32. The zero-order valence-corrected chi connectivity index (χ0v) is 19.0. The molecule has 0 unspecified atom stereocenters. The van der Waals surface area contributed by atoms with E-state index in [2.05, 4.69) is 10.4 Å². The highest BCUT2D eigenvalue weighted by Crippen LogP contribution is 2.33. The van der Waals surface area contributed by atoms with Gasteiger partial charge in [-0.25, -0.2) is 13.1 Å². The molecule has 30 heavy (non-hydrogen) atoms. The van der Waals surface area contributed by atoms with Crippen LogP contribution in [0, 0.1) is 0 Å². The Morgan fingerprint density at radius 1 is 1.10 bits per heavy atom. The zero-order valence-electron chi connectivity index (χ0n) is 17.3. The van der Waals surface area contributed by atoms with Gasteiger partial charge >= 0.3 is 0 Å². The van der Waals surface area contributed by atoms with Crippen molar-refractivity contribution in [1.29, 1.82) is 0 Å². The fraction of sp³-hybridized carbons (Fsp3) is 0.500. The molecule has 1 aromatic carbocycles. The maximum absolute atomic E-state index is 12.9. The van der Waals surface area contributed by atoms with Gasteiger partial charge in [-0.05, 0) is 57.9 Å². The number of hydrogen-bond acceptors (Lipinski definition) is 5. The normalized spacial score (nSPS) is 19.8. The number of nitrogens with one attached hydrogen (secondary N) is 1. The number of hydrogen-bond donors (Lipinski definition) is 1. The van der Waals surface area contributed by atoms with Gasteiger partial charge in [-0.15, -0.1) is 0 Å². The van der Waals surface area contributed by atoms with Crippen molar-refractivity contribution in [3.8, 4) is 0 Å². The molecule has 1 N–H and O–H groups in total. The van der Waals surface area contributed by atoms with Crippen LogP contribution in [0.2, 0.25) is 0 Å². The average Bonchev–Trinajstić information content (AvgIpc) is 3.39. The minimum absolute atomic E-state index is 0.192. The van der Waals surface area contributed by atoms with Crippen LogP contribution in [0.4, 0.5) is 5.82 Å². The molecule has 1 fully saturated rings. The fourth-order valence-corrected chi connectivity index (χ4v) is 6.56. The van der Waals surface area contributed by atoms with E-state index in [1.54, 1.807) is 4.68 Å². The van der Waals surface area contributed by atoms with E-state index in [0.29, 0.717) is 36.0 Å². The summed E-state index contributed by atoms with van der Waals surface area (Å²) in [6.45, 7) is 7.03. The van der Waals surface area contributed by atoms with Gasteiger partial charge in [-0.2, -0.15) is 9.40 Å². The lowest BCUT2D eigenvalue weighted by molar-refractivity contribution is 0.102. The lowest BCUT2D eigenvalue weighted by Gasteiger charge is -2.23. The van der Waals surface area contributed by atoms with Gasteiger partial charge in [-0.3, -0.25) is 9.00 Å². The zero-order chi connectivity index (χ0) is 21.7. The van der Waals surface area contributed by atoms with E-state index in [-0.39, 0.29) is 16.3 Å². The summed E-state index contributed by atoms with van der Waals surface area (Å²) in [4.78, 5) is 13.1. The van der Waals surface area contributed by atoms with Gasteiger partial charge in [0.1, 0.15) is 5.82 Å². The first-order valence-corrected chi connectivity index (χ1v) is 12.9. The summed E-state index contributed by atoms with van der Waals surface area (Å²) in [5, 5.41) is 7.49. The van der Waals surface area contributed by atoms with Crippen molar-refractivity contribution < 1.29 is 17.4 Å². The topological polar surface area (TPSA) is 101 Å². The van der Waals surface area contributed by atoms with Crippen molar-refractivity contribution in [2.45, 2.75) is 55.6 Å². The van der Waals surface area contributed by atoms with Crippen molar-refractivity contribution in [1.82, 2.24) is 14.1 Å². The Labute approximate surface area is 179 Å². The number of fused-ring (bicyclic) bond motifs is 1. The number of aromatic nitrogens is 2. The third-order valence-electron chi connectivity index (χ3n) is 5.36. The molecule has 4 rings (SSSR count). The molecule has 10 heteroatoms. The molecule has 2 aliphatic heterocycles. The van der Waals surface area contributed by atoms with Crippen molar-refractivity contribution in [2.75, 3.05) is 18.4 Å². The fourth-order valence-electron chi connectivity index (χ4n) is 3.78. The molecular weight excluding hydrogens is 424 g/mol. The number of sulfonamides is 1. The van der Waals surface area contributed by atoms with Gasteiger partial charge in [0.25, 0.3) is 5.91 Å². The largest absolute Gasteiger partial charge is 0.306 e. The Balaban J connectivity index is 1.59. The van der Waals surface area contributed by atoms with Crippen LogP contribution in [-0.2, 0) is 37.9 Å². The third kappa shape index (κ3) is 3.83. The molecular formula is C20H26N4O4S2. The number of carbonyl (C=O) groups is 1. The van der Waals surface area contributed by atoms with Crippen molar-refractivity contribution in [3.05, 3.63) is 41.1 Å². The first kappa shape index (κ1) is 21.2. The molecule has 1 saturated heterocycles. The van der Waals surface area contributed by atoms with Crippen LogP contribution in [0.15, 0.2) is 29.2 Å². The van der Waals surface area contributed by atoms with Gasteiger partial charge in [0.2, 0.25) is 10.0 Å². The van der Waals surface area contributed by atoms with Crippen LogP contribution in [0.5, 0.6) is 0 Å². The number of carbonyl (C=O) groups excluding carboxylic acids is 1. The van der Waals surface area contributed by atoms with E-state index in [4.69, 9.17) is 0 Å². The lowest BCUT2D eigenvalue weighted by Crippen LogP contribution is -2.28. The molecule has 2 aromatic rings. The number of benzene rings is 1. The summed E-state index contributed by atoms with van der Waals surface area (Å²) in [5.74, 6) is 0.964. The highest BCUT2D eigenvalue weighted by molar-refractivity contribution is 7.89. The van der Waals surface area contributed by atoms with Crippen LogP contribution < -0.4 is 5.32 Å². The average molecular weight is 451 g/mol. The predicted molar refractivity (Wildman–Crippen MR) is 115 cm³/mol. The second-order valence-electron chi connectivity index (χ2n) is 8.67. The standard InChI is InChI=1S/C20H26N4O4S2/c1-20(2,3)24-18(16-12-29(26)13-17(16)22-24)21-19(25)14-6-8-15(9-7-14)30(27,28)23-10-4-5-11-23/h6-9H,4-5,10-13H2,1-3H3,(H,21,25)/t29-/m1/s1. The first-order chi connectivity index (χ1) is 14.1. The molecule has 0 spiro atoms. The summed E-state index contributed by atoms with van der Waals surface area (Å²) in [7, 11) is -4.52. The number of nitrogens with zero attached hydrogens (tertiary/aromatic N) is 3. The summed E-state index contributed by atoms with van der Waals surface area (Å²) >= 11 is 0. The summed E-state index contributed by atoms with van der Waals surface area (Å²) in [5.41, 5.74) is 1.56. The number of rotatable bonds is 4. The Hall–Kier alpha value is -2.04. The number of anilines is 1. The highest BCUT2D eigenvalue weighted by atomic mass is 32.2. The predicted octanol–water partition coefficient (Wildman–Crippen LogP) is 2.44. The van der Waals surface area contributed by atoms with E-state index in [0.717, 1.165) is 24.1 Å². The van der Waals surface area contributed by atoms with E-state index in [9.17, 15) is 17.4 Å². The summed E-state index contributed by atoms with van der Waals surface area (Å²) < 4.78 is 40.5. The van der Waals surface area contributed by atoms with Crippen molar-refractivity contribution >= 4 is 32.5 Å².